The van der Waals surface area contributed by atoms with Gasteiger partial charge in [0, 0.05) is 35.8 Å². The van der Waals surface area contributed by atoms with Gasteiger partial charge in [-0.3, -0.25) is 5.32 Å². The number of nitrogens with one attached hydrogen (secondary N) is 4. The van der Waals surface area contributed by atoms with Gasteiger partial charge in [0.25, 0.3) is 0 Å². The number of urea groups is 1. The summed E-state index contributed by atoms with van der Waals surface area (Å²) in [5.41, 5.74) is 9.75. The molecule has 10 aromatic rings. The number of thiocarbonyl (C=S) groups is 1. The van der Waals surface area contributed by atoms with E-state index in [1.54, 1.807) is 22.5 Å². The standard InChI is InChI=1S/C28H22ClF3N6O2S.C27H22F3N7OS.CH4/c1-17-3-2-4-22(29)23(17)24-26(41-16-35-24)36-27(39)33-14-13-18-5-7-19(8-6-18)25-34-15-38(37-25)20-9-11-21(12-10-20)40-28(30,31)32;28-27(29,30)38-23-12-10-21(11-13-23)36-18-32-25(35-36)20-8-6-19(7-9-20)14-16-31-26(39)34-24-15-17-33-37(24)22-4-2-1-3-5-22;/h2-12,15-16H,13-14H2,1H3,(H2,33,36,39);1-13,15,17-18H,14,16H2,(H2,31,34,39);1H4. The number of benzene rings is 6. The first kappa shape index (κ1) is 58.0. The summed E-state index contributed by atoms with van der Waals surface area (Å²) in [6.45, 7) is 2.98. The Morgan fingerprint density at radius 1 is 0.630 bits per heavy atom. The molecule has 0 radical (unpaired) electrons. The van der Waals surface area contributed by atoms with Crippen LogP contribution in [0.2, 0.25) is 5.02 Å². The molecule has 0 saturated carbocycles. The maximum absolute atomic E-state index is 12.5. The molecule has 4 heterocycles. The van der Waals surface area contributed by atoms with Gasteiger partial charge < -0.3 is 25.4 Å². The Morgan fingerprint density at radius 2 is 1.16 bits per heavy atom. The normalized spacial score (nSPS) is 11.2. The number of amides is 2. The lowest BCUT2D eigenvalue weighted by Gasteiger charge is -2.12. The third-order valence-electron chi connectivity index (χ3n) is 11.6. The molecule has 0 spiro atoms. The second-order valence-electron chi connectivity index (χ2n) is 17.2. The number of rotatable bonds is 16. The molecule has 0 bridgehead atoms. The molecule has 81 heavy (non-hydrogen) atoms. The molecule has 4 N–H and O–H groups in total. The molecular formula is C56H48ClF6N13O3S2. The number of aryl methyl sites for hydroxylation is 1. The minimum absolute atomic E-state index is 0. The van der Waals surface area contributed by atoms with Crippen LogP contribution in [-0.4, -0.2) is 81.3 Å². The number of nitrogens with zero attached hydrogens (tertiary/aromatic N) is 9. The molecule has 0 aliphatic rings. The minimum atomic E-state index is -4.75. The van der Waals surface area contributed by atoms with Gasteiger partial charge in [-0.25, -0.2) is 33.8 Å². The van der Waals surface area contributed by atoms with E-state index in [1.165, 1.54) is 81.9 Å². The van der Waals surface area contributed by atoms with E-state index in [9.17, 15) is 31.1 Å². The highest BCUT2D eigenvalue weighted by Crippen LogP contribution is 2.37. The first-order chi connectivity index (χ1) is 38.5. The Morgan fingerprint density at radius 3 is 1.68 bits per heavy atom. The maximum Gasteiger partial charge on any atom is 0.573 e. The van der Waals surface area contributed by atoms with Crippen molar-refractivity contribution < 1.29 is 40.6 Å². The van der Waals surface area contributed by atoms with Gasteiger partial charge in [-0.2, -0.15) is 5.10 Å². The lowest BCUT2D eigenvalue weighted by atomic mass is 10.1. The van der Waals surface area contributed by atoms with Gasteiger partial charge in [0.05, 0.1) is 33.8 Å². The summed E-state index contributed by atoms with van der Waals surface area (Å²) >= 11 is 13.1. The van der Waals surface area contributed by atoms with Crippen LogP contribution >= 0.6 is 35.2 Å². The zero-order valence-electron chi connectivity index (χ0n) is 41.8. The molecule has 0 saturated heterocycles. The van der Waals surface area contributed by atoms with E-state index in [0.717, 1.165) is 51.3 Å². The number of carbonyl (C=O) groups excluding carboxylic acids is 1. The van der Waals surface area contributed by atoms with Gasteiger partial charge in [-0.05, 0) is 115 Å². The second kappa shape index (κ2) is 26.2. The molecule has 10 rings (SSSR count). The van der Waals surface area contributed by atoms with Crippen molar-refractivity contribution in [2.45, 2.75) is 39.9 Å². The van der Waals surface area contributed by atoms with Crippen LogP contribution in [0.1, 0.15) is 24.1 Å². The topological polar surface area (TPSA) is 176 Å². The Labute approximate surface area is 474 Å². The highest BCUT2D eigenvalue weighted by atomic mass is 35.5. The smallest absolute Gasteiger partial charge is 0.406 e. The van der Waals surface area contributed by atoms with E-state index in [1.807, 2.05) is 104 Å². The first-order valence-electron chi connectivity index (χ1n) is 24.1. The summed E-state index contributed by atoms with van der Waals surface area (Å²) in [5.74, 6) is 1.10. The molecule has 0 aliphatic carbocycles. The molecule has 0 atom stereocenters. The van der Waals surface area contributed by atoms with E-state index in [-0.39, 0.29) is 25.0 Å². The number of halogens is 7. The molecule has 0 aliphatic heterocycles. The number of para-hydroxylation sites is 1. The maximum atomic E-state index is 12.5. The number of hydrogen-bond acceptors (Lipinski definition) is 11. The Kier molecular flexibility index (Phi) is 18.8. The van der Waals surface area contributed by atoms with Gasteiger partial charge in [-0.1, -0.05) is 97.9 Å². The van der Waals surface area contributed by atoms with Crippen LogP contribution < -0.4 is 30.7 Å². The van der Waals surface area contributed by atoms with Crippen molar-refractivity contribution >= 4 is 57.1 Å². The van der Waals surface area contributed by atoms with Crippen LogP contribution in [0.3, 0.4) is 0 Å². The van der Waals surface area contributed by atoms with Crippen LogP contribution in [0.15, 0.2) is 176 Å². The average molecular weight is 1160 g/mol. The van der Waals surface area contributed by atoms with Gasteiger partial charge in [0.15, 0.2) is 16.8 Å². The predicted molar refractivity (Wildman–Crippen MR) is 303 cm³/mol. The molecule has 416 valence electrons. The largest absolute Gasteiger partial charge is 0.573 e. The fraction of sp³-hybridized carbons (Fsp3) is 0.143. The number of thiazole rings is 1. The van der Waals surface area contributed by atoms with E-state index < -0.39 is 12.7 Å². The van der Waals surface area contributed by atoms with Crippen molar-refractivity contribution in [2.75, 3.05) is 23.7 Å². The summed E-state index contributed by atoms with van der Waals surface area (Å²) in [6, 6.07) is 43.0. The lowest BCUT2D eigenvalue weighted by Crippen LogP contribution is -2.31. The Hall–Kier alpha value is -9.13. The number of alkyl halides is 6. The third kappa shape index (κ3) is 16.0. The van der Waals surface area contributed by atoms with E-state index >= 15 is 0 Å². The van der Waals surface area contributed by atoms with Crippen LogP contribution in [0.4, 0.5) is 42.0 Å². The first-order valence-corrected chi connectivity index (χ1v) is 25.8. The van der Waals surface area contributed by atoms with E-state index in [4.69, 9.17) is 23.8 Å². The van der Waals surface area contributed by atoms with Crippen molar-refractivity contribution in [2.24, 2.45) is 0 Å². The zero-order valence-corrected chi connectivity index (χ0v) is 44.2. The molecule has 4 aromatic heterocycles. The van der Waals surface area contributed by atoms with Crippen molar-refractivity contribution in [3.63, 3.8) is 0 Å². The molecular weight excluding hydrogens is 1120 g/mol. The SMILES string of the molecule is C.Cc1cccc(Cl)c1-c1ncsc1NC(=O)NCCc1ccc(-c2ncn(-c3ccc(OC(F)(F)F)cc3)n2)cc1.FC(F)(F)Oc1ccc(-n2cnc(-c3ccc(CCNC(=S)Nc4ccnn4-c4ccccc4)cc3)n2)cc1. The van der Waals surface area contributed by atoms with Crippen molar-refractivity contribution in [1.82, 2.24) is 54.9 Å². The number of anilines is 2. The van der Waals surface area contributed by atoms with Crippen molar-refractivity contribution in [1.29, 1.82) is 0 Å². The molecule has 25 heteroatoms. The number of ether oxygens (including phenoxy) is 2. The summed E-state index contributed by atoms with van der Waals surface area (Å²) in [7, 11) is 0. The van der Waals surface area contributed by atoms with Gasteiger partial charge >= 0.3 is 18.8 Å². The van der Waals surface area contributed by atoms with Gasteiger partial charge in [0.2, 0.25) is 0 Å². The third-order valence-corrected chi connectivity index (χ3v) is 12.9. The second-order valence-corrected chi connectivity index (χ2v) is 18.9. The molecule has 16 nitrogen and oxygen atoms in total. The quantitative estimate of drug-likeness (QED) is 0.0533. The molecule has 0 unspecified atom stereocenters. The summed E-state index contributed by atoms with van der Waals surface area (Å²) in [4.78, 5) is 25.6. The van der Waals surface area contributed by atoms with Crippen LogP contribution in [0, 0.1) is 6.92 Å². The fourth-order valence-corrected chi connectivity index (χ4v) is 9.05. The van der Waals surface area contributed by atoms with E-state index in [2.05, 4.69) is 61.0 Å². The van der Waals surface area contributed by atoms with Crippen LogP contribution in [0.25, 0.3) is 51.1 Å². The average Bonchev–Trinajstić information content (AvgIpc) is 4.30. The van der Waals surface area contributed by atoms with Crippen molar-refractivity contribution in [3.8, 4) is 62.6 Å². The van der Waals surface area contributed by atoms with Crippen LogP contribution in [-0.2, 0) is 12.8 Å². The van der Waals surface area contributed by atoms with Crippen molar-refractivity contribution in [3.05, 3.63) is 198 Å². The number of hydrogen-bond donors (Lipinski definition) is 4. The highest BCUT2D eigenvalue weighted by molar-refractivity contribution is 7.80. The minimum Gasteiger partial charge on any atom is -0.406 e. The summed E-state index contributed by atoms with van der Waals surface area (Å²) < 4.78 is 86.7. The number of aromatic nitrogens is 9. The zero-order chi connectivity index (χ0) is 56.2. The monoisotopic (exact) mass is 1160 g/mol. The van der Waals surface area contributed by atoms with Gasteiger partial charge in [-0.15, -0.1) is 47.9 Å². The summed E-state index contributed by atoms with van der Waals surface area (Å²) in [6.07, 6.45) is -3.45. The Balaban J connectivity index is 0.000000210. The number of carbonyl (C=O) groups is 1. The highest BCUT2D eigenvalue weighted by Gasteiger charge is 2.32. The predicted octanol–water partition coefficient (Wildman–Crippen LogP) is 13.5. The molecule has 0 fully saturated rings. The molecule has 6 aromatic carbocycles. The Bertz CT molecular complexity index is 3650. The lowest BCUT2D eigenvalue weighted by molar-refractivity contribution is -0.275. The summed E-state index contributed by atoms with van der Waals surface area (Å²) in [5, 5.41) is 27.0. The van der Waals surface area contributed by atoms with Crippen LogP contribution in [0.5, 0.6) is 11.5 Å². The molecule has 2 amide bonds. The van der Waals surface area contributed by atoms with E-state index in [0.29, 0.717) is 63.4 Å². The van der Waals surface area contributed by atoms with Gasteiger partial charge in [0.1, 0.15) is 40.7 Å². The fourth-order valence-electron chi connectivity index (χ4n) is 7.85.